The number of ether oxygens (including phenoxy) is 1. The van der Waals surface area contributed by atoms with Crippen LogP contribution >= 0.6 is 0 Å². The Morgan fingerprint density at radius 1 is 1.35 bits per heavy atom. The third kappa shape index (κ3) is 5.24. The average molecular weight is 304 g/mol. The number of nitrogens with one attached hydrogen (secondary N) is 2. The van der Waals surface area contributed by atoms with Crippen molar-refractivity contribution < 1.29 is 17.6 Å². The highest BCUT2D eigenvalue weighted by molar-refractivity contribution is 7.89. The van der Waals surface area contributed by atoms with Gasteiger partial charge in [-0.1, -0.05) is 13.8 Å². The summed E-state index contributed by atoms with van der Waals surface area (Å²) in [5.74, 6) is 0.587. The van der Waals surface area contributed by atoms with E-state index in [2.05, 4.69) is 10.0 Å². The molecular weight excluding hydrogens is 280 g/mol. The Bertz CT molecular complexity index is 520. The van der Waals surface area contributed by atoms with E-state index in [9.17, 15) is 8.42 Å². The van der Waals surface area contributed by atoms with Gasteiger partial charge in [-0.25, -0.2) is 13.1 Å². The van der Waals surface area contributed by atoms with Gasteiger partial charge in [0.05, 0.1) is 18.7 Å². The fraction of sp³-hybridized carbons (Fsp3) is 0.692. The van der Waals surface area contributed by atoms with E-state index in [-0.39, 0.29) is 11.7 Å². The van der Waals surface area contributed by atoms with Gasteiger partial charge in [0.1, 0.15) is 5.76 Å². The fourth-order valence-electron chi connectivity index (χ4n) is 1.71. The minimum Gasteiger partial charge on any atom is -0.447 e. The van der Waals surface area contributed by atoms with Crippen LogP contribution in [0, 0.1) is 0 Å². The summed E-state index contributed by atoms with van der Waals surface area (Å²) in [5.41, 5.74) is -0.698. The van der Waals surface area contributed by atoms with Crippen LogP contribution in [0.1, 0.15) is 33.5 Å². The Hall–Kier alpha value is -0.890. The van der Waals surface area contributed by atoms with Gasteiger partial charge in [0.15, 0.2) is 0 Å². The Kier molecular flexibility index (Phi) is 5.76. The SMILES string of the molecule is COCC(C)(C)NS(=O)(=O)c1ccc(CNC(C)C)o1. The number of sulfonamides is 1. The largest absolute Gasteiger partial charge is 0.447 e. The molecule has 6 nitrogen and oxygen atoms in total. The third-order valence-electron chi connectivity index (χ3n) is 2.50. The van der Waals surface area contributed by atoms with Crippen LogP contribution in [0.25, 0.3) is 0 Å². The van der Waals surface area contributed by atoms with Gasteiger partial charge in [-0.3, -0.25) is 0 Å². The van der Waals surface area contributed by atoms with Gasteiger partial charge in [0, 0.05) is 13.2 Å². The lowest BCUT2D eigenvalue weighted by Crippen LogP contribution is -2.46. The van der Waals surface area contributed by atoms with E-state index < -0.39 is 15.6 Å². The molecule has 1 aromatic rings. The lowest BCUT2D eigenvalue weighted by atomic mass is 10.1. The number of rotatable bonds is 8. The Balaban J connectivity index is 2.78. The van der Waals surface area contributed by atoms with Gasteiger partial charge in [-0.05, 0) is 26.0 Å². The zero-order valence-electron chi connectivity index (χ0n) is 12.7. The van der Waals surface area contributed by atoms with E-state index in [1.54, 1.807) is 19.9 Å². The normalized spacial score (nSPS) is 13.1. The lowest BCUT2D eigenvalue weighted by Gasteiger charge is -2.24. The van der Waals surface area contributed by atoms with Crippen molar-refractivity contribution in [1.29, 1.82) is 0 Å². The molecule has 7 heteroatoms. The van der Waals surface area contributed by atoms with Crippen molar-refractivity contribution in [3.05, 3.63) is 17.9 Å². The Morgan fingerprint density at radius 2 is 2.00 bits per heavy atom. The molecule has 0 unspecified atom stereocenters. The summed E-state index contributed by atoms with van der Waals surface area (Å²) < 4.78 is 37.3. The Morgan fingerprint density at radius 3 is 2.55 bits per heavy atom. The number of methoxy groups -OCH3 is 1. The standard InChI is InChI=1S/C13H24N2O4S/c1-10(2)14-8-11-6-7-12(19-11)20(16,17)15-13(3,4)9-18-5/h6-7,10,14-15H,8-9H2,1-5H3. The van der Waals surface area contributed by atoms with Crippen molar-refractivity contribution in [1.82, 2.24) is 10.0 Å². The molecule has 1 aromatic heterocycles. The summed E-state index contributed by atoms with van der Waals surface area (Å²) in [5, 5.41) is 3.08. The van der Waals surface area contributed by atoms with Gasteiger partial charge in [-0.2, -0.15) is 0 Å². The van der Waals surface area contributed by atoms with E-state index in [0.29, 0.717) is 18.3 Å². The Labute approximate surface area is 120 Å². The fourth-order valence-corrected chi connectivity index (χ4v) is 3.06. The molecule has 2 N–H and O–H groups in total. The zero-order valence-corrected chi connectivity index (χ0v) is 13.5. The number of hydrogen-bond donors (Lipinski definition) is 2. The van der Waals surface area contributed by atoms with Gasteiger partial charge >= 0.3 is 0 Å². The van der Waals surface area contributed by atoms with Gasteiger partial charge < -0.3 is 14.5 Å². The summed E-state index contributed by atoms with van der Waals surface area (Å²) in [6, 6.07) is 3.43. The first kappa shape index (κ1) is 17.2. The summed E-state index contributed by atoms with van der Waals surface area (Å²) in [4.78, 5) is 0. The van der Waals surface area contributed by atoms with E-state index >= 15 is 0 Å². The highest BCUT2D eigenvalue weighted by atomic mass is 32.2. The van der Waals surface area contributed by atoms with Crippen molar-refractivity contribution in [3.63, 3.8) is 0 Å². The predicted octanol–water partition coefficient (Wildman–Crippen LogP) is 1.48. The lowest BCUT2D eigenvalue weighted by molar-refractivity contribution is 0.141. The summed E-state index contributed by atoms with van der Waals surface area (Å²) in [7, 11) is -2.16. The summed E-state index contributed by atoms with van der Waals surface area (Å²) >= 11 is 0. The molecule has 0 aromatic carbocycles. The van der Waals surface area contributed by atoms with Crippen LogP contribution in [0.2, 0.25) is 0 Å². The van der Waals surface area contributed by atoms with E-state index in [4.69, 9.17) is 9.15 Å². The van der Waals surface area contributed by atoms with Gasteiger partial charge in [-0.15, -0.1) is 0 Å². The molecule has 0 amide bonds. The maximum Gasteiger partial charge on any atom is 0.274 e. The van der Waals surface area contributed by atoms with Crippen LogP contribution in [-0.4, -0.2) is 33.7 Å². The highest BCUT2D eigenvalue weighted by Gasteiger charge is 2.28. The van der Waals surface area contributed by atoms with E-state index in [1.165, 1.54) is 13.2 Å². The minimum atomic E-state index is -3.68. The topological polar surface area (TPSA) is 80.6 Å². The van der Waals surface area contributed by atoms with Crippen LogP contribution in [-0.2, 0) is 21.3 Å². The number of furan rings is 1. The van der Waals surface area contributed by atoms with Crippen LogP contribution in [0.4, 0.5) is 0 Å². The molecule has 0 spiro atoms. The maximum atomic E-state index is 12.2. The van der Waals surface area contributed by atoms with Crippen molar-refractivity contribution >= 4 is 10.0 Å². The maximum absolute atomic E-state index is 12.2. The van der Waals surface area contributed by atoms with Gasteiger partial charge in [0.25, 0.3) is 10.0 Å². The molecule has 1 heterocycles. The highest BCUT2D eigenvalue weighted by Crippen LogP contribution is 2.16. The smallest absolute Gasteiger partial charge is 0.274 e. The minimum absolute atomic E-state index is 0.0813. The predicted molar refractivity (Wildman–Crippen MR) is 77.0 cm³/mol. The summed E-state index contributed by atoms with van der Waals surface area (Å²) in [6.45, 7) is 8.28. The van der Waals surface area contributed by atoms with Crippen molar-refractivity contribution in [2.75, 3.05) is 13.7 Å². The second-order valence-electron chi connectivity index (χ2n) is 5.68. The molecule has 0 aliphatic rings. The van der Waals surface area contributed by atoms with Crippen LogP contribution < -0.4 is 10.0 Å². The first-order valence-electron chi connectivity index (χ1n) is 6.51. The molecule has 0 fully saturated rings. The van der Waals surface area contributed by atoms with Crippen LogP contribution in [0.3, 0.4) is 0 Å². The molecule has 0 atom stereocenters. The first-order valence-corrected chi connectivity index (χ1v) is 7.99. The molecule has 0 radical (unpaired) electrons. The quantitative estimate of drug-likeness (QED) is 0.760. The zero-order chi connectivity index (χ0) is 15.4. The molecule has 0 aliphatic carbocycles. The summed E-state index contributed by atoms with van der Waals surface area (Å²) in [6.07, 6.45) is 0. The van der Waals surface area contributed by atoms with Crippen LogP contribution in [0.15, 0.2) is 21.6 Å². The number of hydrogen-bond acceptors (Lipinski definition) is 5. The van der Waals surface area contributed by atoms with Crippen molar-refractivity contribution in [3.8, 4) is 0 Å². The molecule has 0 saturated carbocycles. The second kappa shape index (κ2) is 6.71. The first-order chi connectivity index (χ1) is 9.16. The molecule has 1 rings (SSSR count). The van der Waals surface area contributed by atoms with Crippen LogP contribution in [0.5, 0.6) is 0 Å². The van der Waals surface area contributed by atoms with Crippen molar-refractivity contribution in [2.45, 2.75) is 50.9 Å². The molecule has 0 aliphatic heterocycles. The molecule has 116 valence electrons. The molecule has 0 bridgehead atoms. The molecular formula is C13H24N2O4S. The van der Waals surface area contributed by atoms with Gasteiger partial charge in [0.2, 0.25) is 5.09 Å². The average Bonchev–Trinajstić information content (AvgIpc) is 2.73. The molecule has 20 heavy (non-hydrogen) atoms. The van der Waals surface area contributed by atoms with E-state index in [1.807, 2.05) is 13.8 Å². The third-order valence-corrected chi connectivity index (χ3v) is 4.07. The monoisotopic (exact) mass is 304 g/mol. The van der Waals surface area contributed by atoms with E-state index in [0.717, 1.165) is 0 Å². The second-order valence-corrected chi connectivity index (χ2v) is 7.29. The van der Waals surface area contributed by atoms with Crippen molar-refractivity contribution in [2.24, 2.45) is 0 Å². The molecule has 0 saturated heterocycles.